The molecule has 3 heterocycles. The second kappa shape index (κ2) is 8.77. The van der Waals surface area contributed by atoms with Gasteiger partial charge in [-0.15, -0.1) is 0 Å². The molecule has 34 heavy (non-hydrogen) atoms. The Labute approximate surface area is 197 Å². The van der Waals surface area contributed by atoms with Gasteiger partial charge in [0.15, 0.2) is 5.69 Å². The van der Waals surface area contributed by atoms with Crippen molar-refractivity contribution < 1.29 is 9.18 Å². The summed E-state index contributed by atoms with van der Waals surface area (Å²) in [5.74, 6) is -0.777. The van der Waals surface area contributed by atoms with Crippen LogP contribution in [-0.2, 0) is 6.54 Å². The lowest BCUT2D eigenvalue weighted by Crippen LogP contribution is -2.23. The van der Waals surface area contributed by atoms with Crippen LogP contribution in [0.1, 0.15) is 21.6 Å². The van der Waals surface area contributed by atoms with E-state index in [1.165, 1.54) is 16.9 Å². The van der Waals surface area contributed by atoms with Crippen molar-refractivity contribution in [3.05, 3.63) is 94.8 Å². The normalized spacial score (nSPS) is 10.9. The molecule has 0 unspecified atom stereocenters. The van der Waals surface area contributed by atoms with Gasteiger partial charge in [-0.05, 0) is 42.5 Å². The lowest BCUT2D eigenvalue weighted by atomic mass is 10.1. The van der Waals surface area contributed by atoms with Crippen LogP contribution < -0.4 is 5.32 Å². The zero-order chi connectivity index (χ0) is 23.7. The predicted molar refractivity (Wildman–Crippen MR) is 124 cm³/mol. The number of nitriles is 1. The molecule has 0 aliphatic rings. The topological polar surface area (TPSA) is 112 Å². The summed E-state index contributed by atoms with van der Waals surface area (Å²) >= 11 is 6.05. The van der Waals surface area contributed by atoms with Crippen LogP contribution >= 0.6 is 11.6 Å². The largest absolute Gasteiger partial charge is 0.348 e. The second-order valence-corrected chi connectivity index (χ2v) is 7.85. The van der Waals surface area contributed by atoms with Crippen molar-refractivity contribution in [1.29, 1.82) is 5.26 Å². The summed E-state index contributed by atoms with van der Waals surface area (Å²) in [7, 11) is 0. The lowest BCUT2D eigenvalue weighted by molar-refractivity contribution is 0.0950. The molecule has 0 fully saturated rings. The Kier molecular flexibility index (Phi) is 5.49. The lowest BCUT2D eigenvalue weighted by Gasteiger charge is -2.09. The van der Waals surface area contributed by atoms with Crippen LogP contribution in [0.25, 0.3) is 27.8 Å². The van der Waals surface area contributed by atoms with Crippen molar-refractivity contribution >= 4 is 28.4 Å². The summed E-state index contributed by atoms with van der Waals surface area (Å²) in [6.07, 6.45) is 4.83. The monoisotopic (exact) mass is 471 g/mol. The van der Waals surface area contributed by atoms with E-state index in [-0.39, 0.29) is 23.2 Å². The molecule has 0 bridgehead atoms. The number of rotatable bonds is 5. The van der Waals surface area contributed by atoms with Gasteiger partial charge in [0.2, 0.25) is 0 Å². The van der Waals surface area contributed by atoms with Gasteiger partial charge in [-0.2, -0.15) is 15.5 Å². The number of carbonyl (C=O) groups excluding carboxylic acids is 1. The molecule has 8 nitrogen and oxygen atoms in total. The molecule has 166 valence electrons. The molecule has 0 saturated heterocycles. The second-order valence-electron chi connectivity index (χ2n) is 7.44. The molecular weight excluding hydrogens is 457 g/mol. The van der Waals surface area contributed by atoms with Gasteiger partial charge in [0, 0.05) is 41.0 Å². The molecule has 0 radical (unpaired) electrons. The molecule has 5 aromatic rings. The Bertz CT molecular complexity index is 1580. The van der Waals surface area contributed by atoms with E-state index >= 15 is 0 Å². The average Bonchev–Trinajstić information content (AvgIpc) is 3.52. The minimum atomic E-state index is -0.469. The Balaban J connectivity index is 1.29. The third-order valence-electron chi connectivity index (χ3n) is 5.27. The first kappa shape index (κ1) is 21.3. The van der Waals surface area contributed by atoms with Crippen LogP contribution in [0.4, 0.5) is 4.39 Å². The number of amides is 1. The number of nitrogens with one attached hydrogen (secondary N) is 2. The summed E-state index contributed by atoms with van der Waals surface area (Å²) in [6.45, 7) is 0.0359. The number of aromatic nitrogens is 5. The fourth-order valence-corrected chi connectivity index (χ4v) is 3.67. The van der Waals surface area contributed by atoms with E-state index in [1.807, 2.05) is 6.07 Å². The summed E-state index contributed by atoms with van der Waals surface area (Å²) in [4.78, 5) is 16.5. The van der Waals surface area contributed by atoms with Crippen molar-refractivity contribution in [1.82, 2.24) is 30.3 Å². The minimum Gasteiger partial charge on any atom is -0.348 e. The van der Waals surface area contributed by atoms with Crippen molar-refractivity contribution in [2.45, 2.75) is 6.54 Å². The van der Waals surface area contributed by atoms with Crippen molar-refractivity contribution in [3.8, 4) is 23.0 Å². The molecule has 5 rings (SSSR count). The molecule has 1 amide bonds. The molecule has 0 atom stereocenters. The van der Waals surface area contributed by atoms with Crippen LogP contribution in [0.2, 0.25) is 5.02 Å². The van der Waals surface area contributed by atoms with Gasteiger partial charge in [0.05, 0.1) is 28.1 Å². The number of benzene rings is 2. The molecule has 0 aliphatic carbocycles. The molecule has 2 aromatic carbocycles. The van der Waals surface area contributed by atoms with Crippen LogP contribution in [-0.4, -0.2) is 30.9 Å². The average molecular weight is 472 g/mol. The molecule has 10 heteroatoms. The smallest absolute Gasteiger partial charge is 0.251 e. The van der Waals surface area contributed by atoms with Crippen molar-refractivity contribution in [3.63, 3.8) is 0 Å². The highest BCUT2D eigenvalue weighted by molar-refractivity contribution is 6.31. The Morgan fingerprint density at radius 2 is 2.06 bits per heavy atom. The molecule has 2 N–H and O–H groups in total. The molecule has 3 aromatic heterocycles. The Hall–Kier alpha value is -4.55. The number of nitrogens with zero attached hydrogens (tertiary/aromatic N) is 5. The summed E-state index contributed by atoms with van der Waals surface area (Å²) in [5, 5.41) is 24.0. The molecule has 0 spiro atoms. The highest BCUT2D eigenvalue weighted by Crippen LogP contribution is 2.23. The number of H-pyrrole nitrogens is 1. The number of hydrogen-bond donors (Lipinski definition) is 2. The number of aromatic amines is 1. The maximum atomic E-state index is 14.8. The molecule has 0 aliphatic heterocycles. The predicted octanol–water partition coefficient (Wildman–Crippen LogP) is 4.40. The highest BCUT2D eigenvalue weighted by Gasteiger charge is 2.12. The zero-order valence-corrected chi connectivity index (χ0v) is 18.2. The fourth-order valence-electron chi connectivity index (χ4n) is 3.47. The number of carbonyl (C=O) groups is 1. The number of halogens is 2. The van der Waals surface area contributed by atoms with Gasteiger partial charge < -0.3 is 5.32 Å². The van der Waals surface area contributed by atoms with E-state index < -0.39 is 5.82 Å². The van der Waals surface area contributed by atoms with Crippen LogP contribution in [0.15, 0.2) is 67.1 Å². The Morgan fingerprint density at radius 1 is 1.18 bits per heavy atom. The Morgan fingerprint density at radius 3 is 2.85 bits per heavy atom. The quantitative estimate of drug-likeness (QED) is 0.394. The van der Waals surface area contributed by atoms with Crippen LogP contribution in [0.3, 0.4) is 0 Å². The minimum absolute atomic E-state index is 0.0359. The van der Waals surface area contributed by atoms with Gasteiger partial charge in [0.1, 0.15) is 11.9 Å². The van der Waals surface area contributed by atoms with Crippen LogP contribution in [0, 0.1) is 17.1 Å². The fraction of sp³-hybridized carbons (Fsp3) is 0.0417. The van der Waals surface area contributed by atoms with Gasteiger partial charge in [-0.3, -0.25) is 9.89 Å². The van der Waals surface area contributed by atoms with E-state index in [2.05, 4.69) is 25.6 Å². The highest BCUT2D eigenvalue weighted by atomic mass is 35.5. The van der Waals surface area contributed by atoms with E-state index in [4.69, 9.17) is 16.9 Å². The zero-order valence-electron chi connectivity index (χ0n) is 17.5. The van der Waals surface area contributed by atoms with Crippen LogP contribution in [0.5, 0.6) is 0 Å². The molecular formula is C24H15ClFN7O. The standard InChI is InChI=1S/C24H15ClFN7O/c25-19-8-17(12-28-23(19)10-27)22-5-6-33(32-22)18-3-1-15(20(26)9-18)11-29-24(34)14-2-4-21-16(7-14)13-30-31-21/h1-9,12-13H,11H2,(H,29,34)(H,30,31). The maximum absolute atomic E-state index is 14.8. The van der Waals surface area contributed by atoms with E-state index in [1.54, 1.807) is 54.9 Å². The van der Waals surface area contributed by atoms with E-state index in [9.17, 15) is 9.18 Å². The van der Waals surface area contributed by atoms with E-state index in [0.29, 0.717) is 28.1 Å². The summed E-state index contributed by atoms with van der Waals surface area (Å²) in [5.41, 5.74) is 3.50. The SMILES string of the molecule is N#Cc1ncc(-c2ccn(-c3ccc(CNC(=O)c4ccc5[nH]ncc5c4)c(F)c3)n2)cc1Cl. The third-order valence-corrected chi connectivity index (χ3v) is 5.56. The van der Waals surface area contributed by atoms with Gasteiger partial charge in [0.25, 0.3) is 5.91 Å². The first-order valence-electron chi connectivity index (χ1n) is 10.1. The summed E-state index contributed by atoms with van der Waals surface area (Å²) in [6, 6.07) is 15.1. The van der Waals surface area contributed by atoms with E-state index in [0.717, 1.165) is 10.9 Å². The number of fused-ring (bicyclic) bond motifs is 1. The molecule has 0 saturated carbocycles. The first-order valence-corrected chi connectivity index (χ1v) is 10.5. The first-order chi connectivity index (χ1) is 16.5. The summed E-state index contributed by atoms with van der Waals surface area (Å²) < 4.78 is 16.3. The third kappa shape index (κ3) is 4.10. The number of hydrogen-bond acceptors (Lipinski definition) is 5. The van der Waals surface area contributed by atoms with Gasteiger partial charge in [-0.1, -0.05) is 17.7 Å². The van der Waals surface area contributed by atoms with Gasteiger partial charge >= 0.3 is 0 Å². The van der Waals surface area contributed by atoms with Gasteiger partial charge in [-0.25, -0.2) is 14.1 Å². The van der Waals surface area contributed by atoms with Crippen molar-refractivity contribution in [2.24, 2.45) is 0 Å². The van der Waals surface area contributed by atoms with Crippen molar-refractivity contribution in [2.75, 3.05) is 0 Å². The maximum Gasteiger partial charge on any atom is 0.251 e. The number of pyridine rings is 1.